The molecule has 0 aliphatic heterocycles. The van der Waals surface area contributed by atoms with Crippen LogP contribution in [0.5, 0.6) is 0 Å². The Kier molecular flexibility index (Phi) is 1.98. The second-order valence-electron chi connectivity index (χ2n) is 2.54. The third-order valence-corrected chi connectivity index (χ3v) is 2.29. The molecule has 0 saturated carbocycles. The highest BCUT2D eigenvalue weighted by molar-refractivity contribution is 8.02. The summed E-state index contributed by atoms with van der Waals surface area (Å²) in [5.41, 5.74) is -2.17. The number of fused-ring (bicyclic) bond motifs is 1. The van der Waals surface area contributed by atoms with Crippen LogP contribution in [0.4, 0.5) is 0 Å². The van der Waals surface area contributed by atoms with Gasteiger partial charge in [0.05, 0.1) is 11.9 Å². The van der Waals surface area contributed by atoms with Crippen molar-refractivity contribution in [2.45, 2.75) is 0 Å². The fraction of sp³-hybridized carbons (Fsp3) is 0. The molecule has 8 nitrogen and oxygen atoms in total. The fourth-order valence-corrected chi connectivity index (χ4v) is 1.57. The molecule has 15 heavy (non-hydrogen) atoms. The number of thiocyanates is 1. The summed E-state index contributed by atoms with van der Waals surface area (Å²) in [4.78, 5) is 39.8. The molecule has 0 bridgehead atoms. The van der Waals surface area contributed by atoms with Crippen molar-refractivity contribution < 1.29 is 0 Å². The van der Waals surface area contributed by atoms with Crippen LogP contribution >= 0.6 is 11.9 Å². The second-order valence-corrected chi connectivity index (χ2v) is 3.27. The highest BCUT2D eigenvalue weighted by atomic mass is 32.2. The molecule has 9 heteroatoms. The Morgan fingerprint density at radius 1 is 1.20 bits per heavy atom. The molecule has 0 aliphatic carbocycles. The minimum absolute atomic E-state index is 0.0136. The molecular weight excluding hydrogens is 222 g/mol. The Bertz CT molecular complexity index is 726. The van der Waals surface area contributed by atoms with Crippen molar-refractivity contribution in [1.82, 2.24) is 18.9 Å². The van der Waals surface area contributed by atoms with Gasteiger partial charge in [-0.15, -0.1) is 0 Å². The summed E-state index contributed by atoms with van der Waals surface area (Å²) < 4.78 is 0.884. The zero-order chi connectivity index (χ0) is 11.0. The van der Waals surface area contributed by atoms with E-state index in [2.05, 4.69) is 9.97 Å². The minimum Gasteiger partial charge on any atom is -0.300 e. The van der Waals surface area contributed by atoms with Crippen molar-refractivity contribution in [3.8, 4) is 5.40 Å². The van der Waals surface area contributed by atoms with E-state index in [0.29, 0.717) is 11.9 Å². The molecule has 0 atom stereocenters. The summed E-state index contributed by atoms with van der Waals surface area (Å²) in [7, 11) is 0. The number of aromatic amines is 3. The largest absolute Gasteiger partial charge is 0.341 e. The maximum absolute atomic E-state index is 11.3. The van der Waals surface area contributed by atoms with Crippen LogP contribution in [0, 0.1) is 10.7 Å². The summed E-state index contributed by atoms with van der Waals surface area (Å²) in [5, 5.41) is 10.1. The predicted molar refractivity (Wildman–Crippen MR) is 52.4 cm³/mol. The molecule has 0 unspecified atom stereocenters. The standard InChI is InChI=1S/C6H3N5O3S/c7-1-15-11-3-2(8-5(13)9-3)4(12)10-6(11)14/h(H2,8,9,13)(H,10,12,14). The molecule has 76 valence electrons. The molecule has 2 aromatic rings. The normalized spacial score (nSPS) is 10.3. The number of nitrogens with zero attached hydrogens (tertiary/aromatic N) is 2. The number of rotatable bonds is 1. The van der Waals surface area contributed by atoms with Crippen molar-refractivity contribution in [3.63, 3.8) is 0 Å². The Morgan fingerprint density at radius 3 is 2.60 bits per heavy atom. The van der Waals surface area contributed by atoms with Gasteiger partial charge >= 0.3 is 11.4 Å². The van der Waals surface area contributed by atoms with Crippen LogP contribution in [-0.4, -0.2) is 18.9 Å². The lowest BCUT2D eigenvalue weighted by Crippen LogP contribution is -2.27. The lowest BCUT2D eigenvalue weighted by Gasteiger charge is -1.97. The summed E-state index contributed by atoms with van der Waals surface area (Å²) in [5.74, 6) is 0. The van der Waals surface area contributed by atoms with E-state index >= 15 is 0 Å². The minimum atomic E-state index is -0.769. The number of imidazole rings is 1. The second kappa shape index (κ2) is 3.18. The highest BCUT2D eigenvalue weighted by Crippen LogP contribution is 2.05. The van der Waals surface area contributed by atoms with E-state index in [1.807, 2.05) is 4.98 Å². The van der Waals surface area contributed by atoms with Crippen LogP contribution in [0.25, 0.3) is 11.2 Å². The number of nitriles is 1. The number of hydrogen-bond donors (Lipinski definition) is 3. The fourth-order valence-electron chi connectivity index (χ4n) is 1.13. The van der Waals surface area contributed by atoms with Crippen LogP contribution < -0.4 is 16.9 Å². The molecule has 0 aliphatic rings. The van der Waals surface area contributed by atoms with Gasteiger partial charge in [0, 0.05) is 0 Å². The summed E-state index contributed by atoms with van der Waals surface area (Å²) in [6.07, 6.45) is 0. The average Bonchev–Trinajstić information content (AvgIpc) is 2.55. The van der Waals surface area contributed by atoms with Gasteiger partial charge in [0.1, 0.15) is 0 Å². The zero-order valence-electron chi connectivity index (χ0n) is 7.03. The molecule has 3 N–H and O–H groups in total. The molecule has 2 rings (SSSR count). The lowest BCUT2D eigenvalue weighted by molar-refractivity contribution is 1.03. The van der Waals surface area contributed by atoms with Gasteiger partial charge in [-0.05, 0) is 0 Å². The Balaban J connectivity index is 3.03. The van der Waals surface area contributed by atoms with Gasteiger partial charge in [0.2, 0.25) is 0 Å². The maximum Gasteiger partial charge on any atom is 0.341 e. The monoisotopic (exact) mass is 225 g/mol. The van der Waals surface area contributed by atoms with E-state index in [0.717, 1.165) is 3.97 Å². The first kappa shape index (κ1) is 9.35. The van der Waals surface area contributed by atoms with Gasteiger partial charge in [0.15, 0.2) is 16.6 Å². The first-order valence-electron chi connectivity index (χ1n) is 3.67. The van der Waals surface area contributed by atoms with Gasteiger partial charge in [-0.25, -0.2) is 13.6 Å². The molecule has 0 fully saturated rings. The Labute approximate surface area is 84.7 Å². The third kappa shape index (κ3) is 1.36. The van der Waals surface area contributed by atoms with E-state index < -0.39 is 16.9 Å². The topological polar surface area (TPSA) is 127 Å². The molecule has 2 heterocycles. The smallest absolute Gasteiger partial charge is 0.300 e. The summed E-state index contributed by atoms with van der Waals surface area (Å²) >= 11 is 0.503. The van der Waals surface area contributed by atoms with Crippen molar-refractivity contribution in [2.75, 3.05) is 0 Å². The van der Waals surface area contributed by atoms with Gasteiger partial charge in [-0.1, -0.05) is 0 Å². The summed E-state index contributed by atoms with van der Waals surface area (Å²) in [6, 6.07) is 0. The average molecular weight is 225 g/mol. The molecular formula is C6H3N5O3S. The van der Waals surface area contributed by atoms with E-state index in [1.165, 1.54) is 0 Å². The van der Waals surface area contributed by atoms with Crippen molar-refractivity contribution in [1.29, 1.82) is 5.26 Å². The third-order valence-electron chi connectivity index (χ3n) is 1.67. The van der Waals surface area contributed by atoms with Gasteiger partial charge in [0.25, 0.3) is 5.56 Å². The quantitative estimate of drug-likeness (QED) is 0.519. The highest BCUT2D eigenvalue weighted by Gasteiger charge is 2.10. The van der Waals surface area contributed by atoms with Gasteiger partial charge < -0.3 is 0 Å². The van der Waals surface area contributed by atoms with Gasteiger partial charge in [-0.3, -0.25) is 19.7 Å². The Morgan fingerprint density at radius 2 is 1.93 bits per heavy atom. The van der Waals surface area contributed by atoms with Crippen LogP contribution in [0.15, 0.2) is 14.4 Å². The number of aromatic nitrogens is 4. The lowest BCUT2D eigenvalue weighted by atomic mass is 10.5. The maximum atomic E-state index is 11.3. The van der Waals surface area contributed by atoms with E-state index in [9.17, 15) is 14.4 Å². The molecule has 0 radical (unpaired) electrons. The first-order chi connectivity index (χ1) is 7.13. The Hall–Kier alpha value is -2.21. The number of hydrogen-bond acceptors (Lipinski definition) is 5. The first-order valence-corrected chi connectivity index (χ1v) is 4.44. The molecule has 0 saturated heterocycles. The van der Waals surface area contributed by atoms with E-state index in [1.54, 1.807) is 5.40 Å². The molecule has 0 aromatic carbocycles. The van der Waals surface area contributed by atoms with E-state index in [4.69, 9.17) is 5.26 Å². The number of H-pyrrole nitrogens is 3. The molecule has 0 spiro atoms. The SMILES string of the molecule is N#CSn1c(=O)[nH]c(=O)c2[nH]c(=O)[nH]c21. The molecule has 2 aromatic heterocycles. The predicted octanol–water partition coefficient (Wildman–Crippen LogP) is -1.32. The number of nitrogens with one attached hydrogen (secondary N) is 3. The van der Waals surface area contributed by atoms with E-state index in [-0.39, 0.29) is 11.2 Å². The van der Waals surface area contributed by atoms with Crippen LogP contribution in [0.2, 0.25) is 0 Å². The summed E-state index contributed by atoms with van der Waals surface area (Å²) in [6.45, 7) is 0. The van der Waals surface area contributed by atoms with Crippen LogP contribution in [-0.2, 0) is 0 Å². The zero-order valence-corrected chi connectivity index (χ0v) is 7.84. The van der Waals surface area contributed by atoms with Gasteiger partial charge in [-0.2, -0.15) is 5.26 Å². The molecule has 0 amide bonds. The van der Waals surface area contributed by atoms with Crippen molar-refractivity contribution in [2.24, 2.45) is 0 Å². The van der Waals surface area contributed by atoms with Crippen molar-refractivity contribution in [3.05, 3.63) is 31.3 Å². The van der Waals surface area contributed by atoms with Crippen molar-refractivity contribution >= 4 is 23.1 Å². The van der Waals surface area contributed by atoms with Crippen LogP contribution in [0.3, 0.4) is 0 Å². The van der Waals surface area contributed by atoms with Crippen LogP contribution in [0.1, 0.15) is 0 Å².